The van der Waals surface area contributed by atoms with E-state index in [2.05, 4.69) is 27.9 Å². The Hall–Kier alpha value is -1.48. The smallest absolute Gasteiger partial charge is 0.248 e. The van der Waals surface area contributed by atoms with E-state index >= 15 is 0 Å². The first-order chi connectivity index (χ1) is 14.3. The number of likely N-dealkylation sites (tertiary alicyclic amines) is 1. The molecule has 30 heavy (non-hydrogen) atoms. The molecule has 0 radical (unpaired) electrons. The summed E-state index contributed by atoms with van der Waals surface area (Å²) in [6.07, 6.45) is 5.93. The van der Waals surface area contributed by atoms with Crippen LogP contribution < -0.4 is 0 Å². The predicted octanol–water partition coefficient (Wildman–Crippen LogP) is 4.03. The number of hydrogen-bond acceptors (Lipinski definition) is 6. The summed E-state index contributed by atoms with van der Waals surface area (Å²) in [6, 6.07) is 4.22. The van der Waals surface area contributed by atoms with Crippen LogP contribution in [0.3, 0.4) is 0 Å². The van der Waals surface area contributed by atoms with Gasteiger partial charge in [-0.1, -0.05) is 6.07 Å². The van der Waals surface area contributed by atoms with Crippen molar-refractivity contribution in [2.75, 3.05) is 20.1 Å². The summed E-state index contributed by atoms with van der Waals surface area (Å²) in [5, 5.41) is 14.2. The minimum absolute atomic E-state index is 0.0135. The molecule has 0 aromatic carbocycles. The highest BCUT2D eigenvalue weighted by Gasteiger charge is 2.41. The van der Waals surface area contributed by atoms with Gasteiger partial charge >= 0.3 is 0 Å². The van der Waals surface area contributed by atoms with E-state index in [1.165, 1.54) is 0 Å². The van der Waals surface area contributed by atoms with Crippen LogP contribution in [0.25, 0.3) is 0 Å². The molecule has 0 unspecified atom stereocenters. The van der Waals surface area contributed by atoms with Gasteiger partial charge in [-0.3, -0.25) is 9.88 Å². The van der Waals surface area contributed by atoms with Gasteiger partial charge in [0.1, 0.15) is 10.6 Å². The lowest BCUT2D eigenvalue weighted by atomic mass is 9.85. The molecule has 1 saturated heterocycles. The molecule has 2 aliphatic rings. The number of hydrogen-bond donors (Lipinski definition) is 1. The van der Waals surface area contributed by atoms with Gasteiger partial charge in [0.25, 0.3) is 0 Å². The summed E-state index contributed by atoms with van der Waals surface area (Å²) in [6.45, 7) is 2.99. The second kappa shape index (κ2) is 8.94. The van der Waals surface area contributed by atoms with Crippen molar-refractivity contribution in [2.45, 2.75) is 69.2 Å². The van der Waals surface area contributed by atoms with Crippen molar-refractivity contribution in [3.05, 3.63) is 46.2 Å². The van der Waals surface area contributed by atoms with E-state index in [0.717, 1.165) is 42.4 Å². The fourth-order valence-electron chi connectivity index (χ4n) is 4.59. The minimum atomic E-state index is -2.49. The van der Waals surface area contributed by atoms with Crippen LogP contribution in [0.15, 0.2) is 29.9 Å². The standard InChI is InChI=1S/C22H30F2N4OS/c1-27(14-17-3-2-10-25-13-17)15-20-26-19(16-30-20)21(29)8-11-28(12-9-21)18-4-6-22(23,24)7-5-18/h2-3,10,13,16,18,29H,4-9,11-12,14-15H2,1H3. The molecule has 164 valence electrons. The Morgan fingerprint density at radius 3 is 2.60 bits per heavy atom. The molecular formula is C22H30F2N4OS. The highest BCUT2D eigenvalue weighted by atomic mass is 32.1. The third-order valence-electron chi connectivity index (χ3n) is 6.44. The third-order valence-corrected chi connectivity index (χ3v) is 7.27. The van der Waals surface area contributed by atoms with E-state index in [1.54, 1.807) is 17.5 Å². The van der Waals surface area contributed by atoms with E-state index in [4.69, 9.17) is 4.98 Å². The van der Waals surface area contributed by atoms with Gasteiger partial charge in [-0.2, -0.15) is 0 Å². The Kier molecular flexibility index (Phi) is 6.48. The van der Waals surface area contributed by atoms with E-state index in [0.29, 0.717) is 25.7 Å². The van der Waals surface area contributed by atoms with Gasteiger partial charge in [-0.05, 0) is 44.4 Å². The molecule has 4 rings (SSSR count). The lowest BCUT2D eigenvalue weighted by Gasteiger charge is -2.43. The molecule has 1 N–H and O–H groups in total. The van der Waals surface area contributed by atoms with Crippen LogP contribution in [0.4, 0.5) is 8.78 Å². The molecule has 3 heterocycles. The zero-order chi connectivity index (χ0) is 21.2. The van der Waals surface area contributed by atoms with Crippen molar-refractivity contribution in [3.8, 4) is 0 Å². The van der Waals surface area contributed by atoms with Gasteiger partial charge in [0.15, 0.2) is 0 Å². The second-order valence-electron chi connectivity index (χ2n) is 8.81. The summed E-state index contributed by atoms with van der Waals surface area (Å²) in [5.74, 6) is -2.49. The number of pyridine rings is 1. The number of nitrogens with zero attached hydrogens (tertiary/aromatic N) is 4. The van der Waals surface area contributed by atoms with E-state index in [1.807, 2.05) is 17.6 Å². The van der Waals surface area contributed by atoms with Crippen molar-refractivity contribution in [3.63, 3.8) is 0 Å². The molecular weight excluding hydrogens is 406 g/mol. The predicted molar refractivity (Wildman–Crippen MR) is 113 cm³/mol. The van der Waals surface area contributed by atoms with E-state index < -0.39 is 11.5 Å². The van der Waals surface area contributed by atoms with Crippen LogP contribution in [0.5, 0.6) is 0 Å². The maximum absolute atomic E-state index is 13.4. The number of rotatable bonds is 6. The number of alkyl halides is 2. The molecule has 5 nitrogen and oxygen atoms in total. The second-order valence-corrected chi connectivity index (χ2v) is 9.76. The maximum Gasteiger partial charge on any atom is 0.248 e. The number of halogens is 2. The van der Waals surface area contributed by atoms with Crippen molar-refractivity contribution in [1.82, 2.24) is 19.8 Å². The van der Waals surface area contributed by atoms with Crippen LogP contribution in [0.2, 0.25) is 0 Å². The fourth-order valence-corrected chi connectivity index (χ4v) is 5.56. The summed E-state index contributed by atoms with van der Waals surface area (Å²) in [7, 11) is 2.05. The normalized spacial score (nSPS) is 22.4. The number of aliphatic hydroxyl groups is 1. The van der Waals surface area contributed by atoms with E-state index in [-0.39, 0.29) is 18.9 Å². The van der Waals surface area contributed by atoms with Crippen LogP contribution in [0, 0.1) is 0 Å². The Morgan fingerprint density at radius 1 is 1.20 bits per heavy atom. The number of thiazole rings is 1. The molecule has 1 aliphatic carbocycles. The number of aromatic nitrogens is 2. The first-order valence-corrected chi connectivity index (χ1v) is 11.6. The van der Waals surface area contributed by atoms with Gasteiger partial charge < -0.3 is 10.0 Å². The monoisotopic (exact) mass is 436 g/mol. The molecule has 0 atom stereocenters. The zero-order valence-corrected chi connectivity index (χ0v) is 18.3. The summed E-state index contributed by atoms with van der Waals surface area (Å²) < 4.78 is 26.9. The number of piperidine rings is 1. The van der Waals surface area contributed by atoms with Crippen LogP contribution in [0.1, 0.15) is 54.8 Å². The molecule has 0 bridgehead atoms. The maximum atomic E-state index is 13.4. The van der Waals surface area contributed by atoms with Gasteiger partial charge in [-0.15, -0.1) is 11.3 Å². The van der Waals surface area contributed by atoms with Crippen molar-refractivity contribution >= 4 is 11.3 Å². The van der Waals surface area contributed by atoms with Crippen molar-refractivity contribution in [2.24, 2.45) is 0 Å². The van der Waals surface area contributed by atoms with Crippen LogP contribution in [-0.4, -0.2) is 57.0 Å². The average Bonchev–Trinajstić information content (AvgIpc) is 3.19. The Labute approximate surface area is 180 Å². The SMILES string of the molecule is CN(Cc1cccnc1)Cc1nc(C2(O)CCN(C3CCC(F)(F)CC3)CC2)cs1. The molecule has 8 heteroatoms. The molecule has 0 amide bonds. The quantitative estimate of drug-likeness (QED) is 0.741. The highest BCUT2D eigenvalue weighted by molar-refractivity contribution is 7.09. The molecule has 2 aromatic rings. The zero-order valence-electron chi connectivity index (χ0n) is 17.4. The van der Waals surface area contributed by atoms with Crippen molar-refractivity contribution in [1.29, 1.82) is 0 Å². The van der Waals surface area contributed by atoms with Gasteiger partial charge in [0, 0.05) is 56.3 Å². The topological polar surface area (TPSA) is 52.5 Å². The first-order valence-electron chi connectivity index (χ1n) is 10.7. The molecule has 1 saturated carbocycles. The summed E-state index contributed by atoms with van der Waals surface area (Å²) in [5.41, 5.74) is 1.00. The molecule has 2 aromatic heterocycles. The Balaban J connectivity index is 1.30. The fraction of sp³-hybridized carbons (Fsp3) is 0.636. The first kappa shape index (κ1) is 21.7. The average molecular weight is 437 g/mol. The van der Waals surface area contributed by atoms with Gasteiger partial charge in [0.05, 0.1) is 12.2 Å². The third kappa shape index (κ3) is 5.22. The van der Waals surface area contributed by atoms with Gasteiger partial charge in [0.2, 0.25) is 5.92 Å². The molecule has 0 spiro atoms. The van der Waals surface area contributed by atoms with Crippen LogP contribution in [-0.2, 0) is 18.7 Å². The minimum Gasteiger partial charge on any atom is -0.383 e. The lowest BCUT2D eigenvalue weighted by molar-refractivity contribution is -0.0751. The summed E-state index contributed by atoms with van der Waals surface area (Å²) in [4.78, 5) is 13.4. The van der Waals surface area contributed by atoms with Crippen LogP contribution >= 0.6 is 11.3 Å². The van der Waals surface area contributed by atoms with Crippen molar-refractivity contribution < 1.29 is 13.9 Å². The largest absolute Gasteiger partial charge is 0.383 e. The molecule has 2 fully saturated rings. The highest BCUT2D eigenvalue weighted by Crippen LogP contribution is 2.39. The van der Waals surface area contributed by atoms with Gasteiger partial charge in [-0.25, -0.2) is 13.8 Å². The summed E-state index contributed by atoms with van der Waals surface area (Å²) >= 11 is 1.58. The Morgan fingerprint density at radius 2 is 1.93 bits per heavy atom. The lowest BCUT2D eigenvalue weighted by Crippen LogP contribution is -2.49. The van der Waals surface area contributed by atoms with E-state index in [9.17, 15) is 13.9 Å². The molecule has 1 aliphatic heterocycles. The Bertz CT molecular complexity index is 814.